The van der Waals surface area contributed by atoms with Crippen molar-refractivity contribution in [3.63, 3.8) is 0 Å². The summed E-state index contributed by atoms with van der Waals surface area (Å²) in [6.45, 7) is 2.10. The van der Waals surface area contributed by atoms with Crippen LogP contribution >= 0.6 is 0 Å². The lowest BCUT2D eigenvalue weighted by Gasteiger charge is -2.20. The number of rotatable bonds is 1. The van der Waals surface area contributed by atoms with E-state index >= 15 is 0 Å². The highest BCUT2D eigenvalue weighted by atomic mass is 15.1. The molecule has 0 saturated carbocycles. The Morgan fingerprint density at radius 2 is 1.65 bits per heavy atom. The van der Waals surface area contributed by atoms with Crippen LogP contribution < -0.4 is 15.9 Å². The minimum atomic E-state index is 0.0334. The summed E-state index contributed by atoms with van der Waals surface area (Å²) in [6, 6.07) is 18.6. The van der Waals surface area contributed by atoms with E-state index in [1.807, 2.05) is 30.3 Å². The molecule has 1 N–H and O–H groups in total. The first-order valence-corrected chi connectivity index (χ1v) is 5.80. The van der Waals surface area contributed by atoms with Crippen molar-refractivity contribution < 1.29 is 0 Å². The number of hydrogen-bond acceptors (Lipinski definition) is 2. The number of benzene rings is 2. The van der Waals surface area contributed by atoms with Gasteiger partial charge in [-0.05, 0) is 18.6 Å². The summed E-state index contributed by atoms with van der Waals surface area (Å²) in [7, 11) is 0. The van der Waals surface area contributed by atoms with E-state index < -0.39 is 0 Å². The topological polar surface area (TPSA) is 24.4 Å². The second-order valence-corrected chi connectivity index (χ2v) is 4.23. The van der Waals surface area contributed by atoms with Crippen molar-refractivity contribution in [2.75, 3.05) is 0 Å². The molecule has 0 radical (unpaired) electrons. The number of para-hydroxylation sites is 1. The van der Waals surface area contributed by atoms with Crippen LogP contribution in [-0.4, -0.2) is 0 Å². The second-order valence-electron chi connectivity index (χ2n) is 4.23. The monoisotopic (exact) mass is 222 g/mol. The van der Waals surface area contributed by atoms with Crippen molar-refractivity contribution >= 4 is 5.70 Å². The van der Waals surface area contributed by atoms with Crippen LogP contribution in [0.4, 0.5) is 0 Å². The van der Waals surface area contributed by atoms with Crippen molar-refractivity contribution in [1.29, 1.82) is 0 Å². The minimum Gasteiger partial charge on any atom is -0.363 e. The molecule has 1 atom stereocenters. The number of nitrogens with zero attached hydrogens (tertiary/aromatic N) is 1. The zero-order valence-corrected chi connectivity index (χ0v) is 9.72. The number of hydrogen-bond donors (Lipinski definition) is 1. The van der Waals surface area contributed by atoms with E-state index in [0.29, 0.717) is 0 Å². The van der Waals surface area contributed by atoms with E-state index in [1.54, 1.807) is 0 Å². The Balaban J connectivity index is 2.14. The van der Waals surface area contributed by atoms with Crippen LogP contribution in [0.2, 0.25) is 0 Å². The summed E-state index contributed by atoms with van der Waals surface area (Å²) < 4.78 is 0. The van der Waals surface area contributed by atoms with Gasteiger partial charge in [-0.15, -0.1) is 0 Å². The van der Waals surface area contributed by atoms with Gasteiger partial charge in [0.2, 0.25) is 0 Å². The summed E-state index contributed by atoms with van der Waals surface area (Å²) >= 11 is 0. The Bertz CT molecular complexity index is 644. The molecule has 2 aromatic carbocycles. The lowest BCUT2D eigenvalue weighted by Crippen LogP contribution is -2.38. The van der Waals surface area contributed by atoms with Gasteiger partial charge in [0.1, 0.15) is 6.17 Å². The maximum Gasteiger partial charge on any atom is 0.145 e. The zero-order valence-electron chi connectivity index (χ0n) is 9.72. The lowest BCUT2D eigenvalue weighted by atomic mass is 10.1. The normalized spacial score (nSPS) is 17.9. The van der Waals surface area contributed by atoms with Crippen LogP contribution in [0.1, 0.15) is 18.7 Å². The summed E-state index contributed by atoms with van der Waals surface area (Å²) in [4.78, 5) is 4.73. The maximum absolute atomic E-state index is 4.73. The van der Waals surface area contributed by atoms with E-state index in [1.165, 1.54) is 16.5 Å². The SMILES string of the molecule is CC1=c2ccccc2=N[C@H](c2ccccc2)N1. The first-order chi connectivity index (χ1) is 8.34. The average molecular weight is 222 g/mol. The largest absolute Gasteiger partial charge is 0.363 e. The summed E-state index contributed by atoms with van der Waals surface area (Å²) in [5, 5.41) is 5.70. The first kappa shape index (κ1) is 10.1. The Labute approximate surface area is 100 Å². The Morgan fingerprint density at radius 3 is 2.47 bits per heavy atom. The van der Waals surface area contributed by atoms with Crippen LogP contribution in [0.15, 0.2) is 59.6 Å². The van der Waals surface area contributed by atoms with Crippen LogP contribution in [0.25, 0.3) is 5.70 Å². The lowest BCUT2D eigenvalue weighted by molar-refractivity contribution is 0.630. The molecule has 1 heterocycles. The smallest absolute Gasteiger partial charge is 0.145 e. The molecule has 0 spiro atoms. The van der Waals surface area contributed by atoms with Gasteiger partial charge in [0, 0.05) is 10.9 Å². The van der Waals surface area contributed by atoms with E-state index in [-0.39, 0.29) is 6.17 Å². The third kappa shape index (κ3) is 1.82. The molecule has 84 valence electrons. The van der Waals surface area contributed by atoms with Crippen molar-refractivity contribution in [2.24, 2.45) is 4.99 Å². The van der Waals surface area contributed by atoms with Crippen LogP contribution in [0.5, 0.6) is 0 Å². The maximum atomic E-state index is 4.73. The molecule has 2 heteroatoms. The van der Waals surface area contributed by atoms with E-state index in [9.17, 15) is 0 Å². The molecular weight excluding hydrogens is 208 g/mol. The molecule has 0 fully saturated rings. The quantitative estimate of drug-likeness (QED) is 0.781. The van der Waals surface area contributed by atoms with Crippen molar-refractivity contribution in [1.82, 2.24) is 5.32 Å². The molecule has 0 saturated heterocycles. The molecule has 0 unspecified atom stereocenters. The summed E-state index contributed by atoms with van der Waals surface area (Å²) in [6.07, 6.45) is 0.0334. The van der Waals surface area contributed by atoms with E-state index in [0.717, 1.165) is 5.36 Å². The predicted molar refractivity (Wildman–Crippen MR) is 68.6 cm³/mol. The zero-order chi connectivity index (χ0) is 11.7. The fourth-order valence-corrected chi connectivity index (χ4v) is 2.15. The van der Waals surface area contributed by atoms with Gasteiger partial charge in [-0.25, -0.2) is 0 Å². The van der Waals surface area contributed by atoms with Crippen molar-refractivity contribution in [3.05, 3.63) is 70.7 Å². The fraction of sp³-hybridized carbons (Fsp3) is 0.133. The molecule has 2 nitrogen and oxygen atoms in total. The van der Waals surface area contributed by atoms with Crippen molar-refractivity contribution in [2.45, 2.75) is 13.1 Å². The first-order valence-electron chi connectivity index (χ1n) is 5.80. The van der Waals surface area contributed by atoms with Gasteiger partial charge in [-0.2, -0.15) is 0 Å². The van der Waals surface area contributed by atoms with Gasteiger partial charge >= 0.3 is 0 Å². The summed E-state index contributed by atoms with van der Waals surface area (Å²) in [5.74, 6) is 0. The third-order valence-electron chi connectivity index (χ3n) is 3.04. The van der Waals surface area contributed by atoms with E-state index in [2.05, 4.69) is 36.5 Å². The third-order valence-corrected chi connectivity index (χ3v) is 3.04. The van der Waals surface area contributed by atoms with Gasteiger partial charge in [-0.3, -0.25) is 4.99 Å². The molecule has 0 aliphatic carbocycles. The molecular formula is C15H14N2. The van der Waals surface area contributed by atoms with Gasteiger partial charge < -0.3 is 5.32 Å². The second kappa shape index (κ2) is 4.06. The number of nitrogens with one attached hydrogen (secondary N) is 1. The molecule has 1 aliphatic heterocycles. The van der Waals surface area contributed by atoms with Crippen molar-refractivity contribution in [3.8, 4) is 0 Å². The molecule has 3 rings (SSSR count). The average Bonchev–Trinajstić information content (AvgIpc) is 2.40. The fourth-order valence-electron chi connectivity index (χ4n) is 2.15. The number of fused-ring (bicyclic) bond motifs is 1. The van der Waals surface area contributed by atoms with Gasteiger partial charge in [0.15, 0.2) is 0 Å². The van der Waals surface area contributed by atoms with Crippen LogP contribution in [0.3, 0.4) is 0 Å². The Morgan fingerprint density at radius 1 is 0.941 bits per heavy atom. The molecule has 17 heavy (non-hydrogen) atoms. The Kier molecular flexibility index (Phi) is 2.41. The highest BCUT2D eigenvalue weighted by Crippen LogP contribution is 2.15. The van der Waals surface area contributed by atoms with Gasteiger partial charge in [-0.1, -0.05) is 48.5 Å². The van der Waals surface area contributed by atoms with Gasteiger partial charge in [0.25, 0.3) is 0 Å². The standard InChI is InChI=1S/C15H14N2/c1-11-13-9-5-6-10-14(13)17-15(16-11)12-7-3-2-4-8-12/h2-10,15-16H,1H3/t15-/m1/s1. The van der Waals surface area contributed by atoms with Crippen LogP contribution in [0, 0.1) is 0 Å². The molecule has 2 aromatic rings. The minimum absolute atomic E-state index is 0.0334. The molecule has 1 aliphatic rings. The highest BCUT2D eigenvalue weighted by Gasteiger charge is 2.12. The predicted octanol–water partition coefficient (Wildman–Crippen LogP) is 1.74. The van der Waals surface area contributed by atoms with E-state index in [4.69, 9.17) is 4.99 Å². The van der Waals surface area contributed by atoms with Gasteiger partial charge in [0.05, 0.1) is 5.36 Å². The molecule has 0 bridgehead atoms. The van der Waals surface area contributed by atoms with Crippen LogP contribution in [-0.2, 0) is 0 Å². The molecule has 0 amide bonds. The molecule has 0 aromatic heterocycles. The Hall–Kier alpha value is -2.09. The summed E-state index contributed by atoms with van der Waals surface area (Å²) in [5.41, 5.74) is 2.38. The highest BCUT2D eigenvalue weighted by molar-refractivity contribution is 5.42.